The number of nitrogens with one attached hydrogen (secondary N) is 1. The van der Waals surface area contributed by atoms with Crippen molar-refractivity contribution in [2.24, 2.45) is 0 Å². The fourth-order valence-corrected chi connectivity index (χ4v) is 4.03. The monoisotopic (exact) mass is 375 g/mol. The zero-order valence-electron chi connectivity index (χ0n) is 14.2. The number of nitrogens with zero attached hydrogens (tertiary/aromatic N) is 2. The maximum absolute atomic E-state index is 12.4. The van der Waals surface area contributed by atoms with Gasteiger partial charge >= 0.3 is 5.97 Å². The Morgan fingerprint density at radius 3 is 2.88 bits per heavy atom. The van der Waals surface area contributed by atoms with E-state index < -0.39 is 12.1 Å². The zero-order valence-corrected chi connectivity index (χ0v) is 15.9. The highest BCUT2D eigenvalue weighted by atomic mass is 32.2. The van der Waals surface area contributed by atoms with Gasteiger partial charge in [0, 0.05) is 11.1 Å². The minimum Gasteiger partial charge on any atom is -0.451 e. The molecule has 3 aromatic heterocycles. The van der Waals surface area contributed by atoms with Gasteiger partial charge in [-0.05, 0) is 44.7 Å². The lowest BCUT2D eigenvalue weighted by Crippen LogP contribution is -2.17. The third-order valence-electron chi connectivity index (χ3n) is 3.91. The van der Waals surface area contributed by atoms with Gasteiger partial charge in [0.25, 0.3) is 5.56 Å². The molecule has 0 spiro atoms. The third kappa shape index (κ3) is 3.32. The highest BCUT2D eigenvalue weighted by Crippen LogP contribution is 2.27. The molecule has 1 N–H and O–H groups in total. The average molecular weight is 375 g/mol. The fourth-order valence-electron chi connectivity index (χ4n) is 2.45. The number of esters is 1. The van der Waals surface area contributed by atoms with Crippen LogP contribution in [0, 0.1) is 13.8 Å². The Morgan fingerprint density at radius 2 is 2.16 bits per heavy atom. The van der Waals surface area contributed by atoms with Gasteiger partial charge in [0.2, 0.25) is 0 Å². The average Bonchev–Trinajstić information content (AvgIpc) is 2.89. The number of hydrogen-bond donors (Lipinski definition) is 1. The summed E-state index contributed by atoms with van der Waals surface area (Å²) in [7, 11) is 0. The topological polar surface area (TPSA) is 84.9 Å². The minimum atomic E-state index is -0.678. The van der Waals surface area contributed by atoms with Gasteiger partial charge < -0.3 is 9.72 Å². The van der Waals surface area contributed by atoms with E-state index in [4.69, 9.17) is 4.74 Å². The van der Waals surface area contributed by atoms with Crippen LogP contribution in [0.15, 0.2) is 28.2 Å². The van der Waals surface area contributed by atoms with Gasteiger partial charge in [-0.2, -0.15) is 0 Å². The molecule has 25 heavy (non-hydrogen) atoms. The van der Waals surface area contributed by atoms with Crippen molar-refractivity contribution in [3.05, 3.63) is 50.5 Å². The fraction of sp³-hybridized carbons (Fsp3) is 0.294. The van der Waals surface area contributed by atoms with Crippen LogP contribution in [-0.2, 0) is 4.74 Å². The maximum atomic E-state index is 12.4. The molecule has 0 bridgehead atoms. The van der Waals surface area contributed by atoms with Gasteiger partial charge in [0.1, 0.15) is 9.86 Å². The molecule has 8 heteroatoms. The lowest BCUT2D eigenvalue weighted by Gasteiger charge is -2.13. The smallest absolute Gasteiger partial charge is 0.341 e. The summed E-state index contributed by atoms with van der Waals surface area (Å²) in [5, 5.41) is 1.20. The highest BCUT2D eigenvalue weighted by molar-refractivity contribution is 7.98. The van der Waals surface area contributed by atoms with E-state index in [2.05, 4.69) is 15.0 Å². The molecule has 0 saturated carbocycles. The predicted molar refractivity (Wildman–Crippen MR) is 99.6 cm³/mol. The summed E-state index contributed by atoms with van der Waals surface area (Å²) < 4.78 is 5.49. The van der Waals surface area contributed by atoms with E-state index in [0.717, 1.165) is 10.4 Å². The first-order valence-electron chi connectivity index (χ1n) is 7.62. The molecule has 1 atom stereocenters. The SMILES string of the molecule is CSc1ncccc1C(=O)OC(C)c1nc2sc(C)c(C)c2c(=O)[nH]1. The number of aryl methyl sites for hydroxylation is 2. The number of carbonyl (C=O) groups is 1. The van der Waals surface area contributed by atoms with E-state index in [9.17, 15) is 9.59 Å². The van der Waals surface area contributed by atoms with Gasteiger partial charge in [0.15, 0.2) is 11.9 Å². The first kappa shape index (κ1) is 17.6. The second-order valence-electron chi connectivity index (χ2n) is 5.52. The molecule has 1 unspecified atom stereocenters. The minimum absolute atomic E-state index is 0.212. The maximum Gasteiger partial charge on any atom is 0.341 e. The molecule has 3 heterocycles. The number of hydrogen-bond acceptors (Lipinski definition) is 7. The van der Waals surface area contributed by atoms with Gasteiger partial charge in [-0.3, -0.25) is 4.79 Å². The molecule has 3 aromatic rings. The molecule has 0 fully saturated rings. The van der Waals surface area contributed by atoms with Crippen LogP contribution in [-0.4, -0.2) is 27.2 Å². The second kappa shape index (κ2) is 6.97. The molecule has 0 aliphatic heterocycles. The summed E-state index contributed by atoms with van der Waals surface area (Å²) in [4.78, 5) is 37.8. The molecular formula is C17H17N3O3S2. The van der Waals surface area contributed by atoms with Gasteiger partial charge in [-0.15, -0.1) is 23.1 Å². The number of carbonyl (C=O) groups excluding carboxylic acids is 1. The summed E-state index contributed by atoms with van der Waals surface area (Å²) >= 11 is 2.83. The molecule has 6 nitrogen and oxygen atoms in total. The first-order valence-corrected chi connectivity index (χ1v) is 9.66. The summed E-state index contributed by atoms with van der Waals surface area (Å²) in [5.74, 6) is -0.159. The van der Waals surface area contributed by atoms with Crippen LogP contribution in [0.4, 0.5) is 0 Å². The number of ether oxygens (including phenoxy) is 1. The number of aromatic nitrogens is 3. The molecule has 0 aliphatic rings. The second-order valence-corrected chi connectivity index (χ2v) is 7.52. The number of H-pyrrole nitrogens is 1. The van der Waals surface area contributed by atoms with Crippen LogP contribution in [0.3, 0.4) is 0 Å². The Morgan fingerprint density at radius 1 is 1.40 bits per heavy atom. The van der Waals surface area contributed by atoms with Crippen molar-refractivity contribution >= 4 is 39.3 Å². The summed E-state index contributed by atoms with van der Waals surface area (Å²) in [6.07, 6.45) is 2.79. The lowest BCUT2D eigenvalue weighted by atomic mass is 10.2. The Balaban J connectivity index is 1.91. The van der Waals surface area contributed by atoms with Gasteiger partial charge in [-0.25, -0.2) is 14.8 Å². The molecule has 0 aromatic carbocycles. The summed E-state index contributed by atoms with van der Waals surface area (Å²) in [5.41, 5.74) is 1.12. The zero-order chi connectivity index (χ0) is 18.1. The van der Waals surface area contributed by atoms with Crippen molar-refractivity contribution < 1.29 is 9.53 Å². The van der Waals surface area contributed by atoms with E-state index in [1.165, 1.54) is 23.1 Å². The van der Waals surface area contributed by atoms with Crippen LogP contribution < -0.4 is 5.56 Å². The molecule has 0 radical (unpaired) electrons. The van der Waals surface area contributed by atoms with E-state index in [1.54, 1.807) is 25.3 Å². The lowest BCUT2D eigenvalue weighted by molar-refractivity contribution is 0.0315. The van der Waals surface area contributed by atoms with Crippen LogP contribution in [0.2, 0.25) is 0 Å². The van der Waals surface area contributed by atoms with Crippen LogP contribution >= 0.6 is 23.1 Å². The molecule has 0 amide bonds. The van der Waals surface area contributed by atoms with Crippen LogP contribution in [0.5, 0.6) is 0 Å². The summed E-state index contributed by atoms with van der Waals surface area (Å²) in [6, 6.07) is 3.35. The number of pyridine rings is 1. The molecular weight excluding hydrogens is 358 g/mol. The molecule has 130 valence electrons. The van der Waals surface area contributed by atoms with Crippen molar-refractivity contribution in [3.8, 4) is 0 Å². The van der Waals surface area contributed by atoms with Gasteiger partial charge in [0.05, 0.1) is 10.9 Å². The van der Waals surface area contributed by atoms with Crippen molar-refractivity contribution in [3.63, 3.8) is 0 Å². The standard InChI is InChI=1S/C17H17N3O3S2/c1-8-10(3)25-16-12(8)14(21)19-13(20-16)9(2)23-17(22)11-6-5-7-18-15(11)24-4/h5-7,9H,1-4H3,(H,19,20,21). The Hall–Kier alpha value is -2.19. The van der Waals surface area contributed by atoms with Crippen molar-refractivity contribution in [2.75, 3.05) is 6.26 Å². The number of fused-ring (bicyclic) bond motifs is 1. The highest BCUT2D eigenvalue weighted by Gasteiger charge is 2.20. The van der Waals surface area contributed by atoms with E-state index >= 15 is 0 Å². The van der Waals surface area contributed by atoms with Crippen molar-refractivity contribution in [1.29, 1.82) is 0 Å². The normalized spacial score (nSPS) is 12.3. The Kier molecular flexibility index (Phi) is 4.91. The first-order chi connectivity index (χ1) is 11.9. The number of rotatable bonds is 4. The van der Waals surface area contributed by atoms with E-state index in [-0.39, 0.29) is 5.56 Å². The number of thioether (sulfide) groups is 1. The van der Waals surface area contributed by atoms with Gasteiger partial charge in [-0.1, -0.05) is 0 Å². The summed E-state index contributed by atoms with van der Waals surface area (Å²) in [6.45, 7) is 5.54. The molecule has 3 rings (SSSR count). The van der Waals surface area contributed by atoms with Crippen LogP contribution in [0.25, 0.3) is 10.2 Å². The largest absolute Gasteiger partial charge is 0.451 e. The number of aromatic amines is 1. The molecule has 0 aliphatic carbocycles. The van der Waals surface area contributed by atoms with Crippen molar-refractivity contribution in [1.82, 2.24) is 15.0 Å². The quantitative estimate of drug-likeness (QED) is 0.554. The van der Waals surface area contributed by atoms with E-state index in [1.807, 2.05) is 20.1 Å². The number of thiophene rings is 1. The van der Waals surface area contributed by atoms with Crippen molar-refractivity contribution in [2.45, 2.75) is 31.9 Å². The van der Waals surface area contributed by atoms with E-state index in [0.29, 0.717) is 26.6 Å². The predicted octanol–water partition coefficient (Wildman–Crippen LogP) is 3.64. The Labute approximate surface area is 152 Å². The molecule has 0 saturated heterocycles. The van der Waals surface area contributed by atoms with Crippen LogP contribution in [0.1, 0.15) is 39.7 Å². The Bertz CT molecular complexity index is 1010. The third-order valence-corrected chi connectivity index (χ3v) is 5.72.